The van der Waals surface area contributed by atoms with Crippen LogP contribution in [0.3, 0.4) is 0 Å². The molecule has 0 radical (unpaired) electrons. The number of nitrogens with zero attached hydrogens (tertiary/aromatic N) is 3. The Bertz CT molecular complexity index is 1540. The SMILES string of the molecule is CCCCCCCC(OC(=O)C(CCCCN(O)C=O)NC(=O)c1nc(-c2cc(OC)ccc2O)oc1C)C(C)(C)C(=O)NC1CCCCN(O)C1=O. The number of rotatable bonds is 21. The van der Waals surface area contributed by atoms with Crippen LogP contribution in [0.2, 0.25) is 0 Å². The van der Waals surface area contributed by atoms with E-state index in [1.54, 1.807) is 19.9 Å². The second-order valence-corrected chi connectivity index (χ2v) is 13.9. The summed E-state index contributed by atoms with van der Waals surface area (Å²) in [4.78, 5) is 69.3. The zero-order valence-corrected chi connectivity index (χ0v) is 31.4. The molecule has 294 valence electrons. The van der Waals surface area contributed by atoms with E-state index >= 15 is 0 Å². The summed E-state index contributed by atoms with van der Waals surface area (Å²) in [5.41, 5.74) is -1.27. The quantitative estimate of drug-likeness (QED) is 0.0387. The first-order chi connectivity index (χ1) is 25.2. The number of benzene rings is 1. The van der Waals surface area contributed by atoms with Crippen molar-refractivity contribution in [1.29, 1.82) is 0 Å². The van der Waals surface area contributed by atoms with Gasteiger partial charge in [-0.25, -0.2) is 19.9 Å². The molecule has 4 amide bonds. The fourth-order valence-electron chi connectivity index (χ4n) is 6.06. The second kappa shape index (κ2) is 20.5. The Morgan fingerprint density at radius 3 is 2.55 bits per heavy atom. The molecule has 16 heteroatoms. The Morgan fingerprint density at radius 2 is 1.85 bits per heavy atom. The summed E-state index contributed by atoms with van der Waals surface area (Å²) >= 11 is 0. The van der Waals surface area contributed by atoms with Crippen molar-refractivity contribution >= 4 is 30.1 Å². The lowest BCUT2D eigenvalue weighted by molar-refractivity contribution is -0.169. The molecule has 16 nitrogen and oxygen atoms in total. The van der Waals surface area contributed by atoms with Crippen molar-refractivity contribution in [2.24, 2.45) is 5.41 Å². The number of aromatic nitrogens is 1. The molecule has 0 bridgehead atoms. The first-order valence-corrected chi connectivity index (χ1v) is 18.3. The molecule has 0 spiro atoms. The van der Waals surface area contributed by atoms with Crippen molar-refractivity contribution in [1.82, 2.24) is 25.7 Å². The maximum absolute atomic E-state index is 14.0. The molecule has 0 aliphatic carbocycles. The van der Waals surface area contributed by atoms with Crippen LogP contribution < -0.4 is 15.4 Å². The van der Waals surface area contributed by atoms with Crippen LogP contribution in [0.5, 0.6) is 11.5 Å². The summed E-state index contributed by atoms with van der Waals surface area (Å²) in [6, 6.07) is 2.28. The summed E-state index contributed by atoms with van der Waals surface area (Å²) in [5.74, 6) is -2.36. The maximum Gasteiger partial charge on any atom is 0.328 e. The van der Waals surface area contributed by atoms with Gasteiger partial charge in [-0.2, -0.15) is 0 Å². The highest BCUT2D eigenvalue weighted by atomic mass is 16.5. The fraction of sp³-hybridized carbons (Fsp3) is 0.622. The van der Waals surface area contributed by atoms with E-state index in [0.29, 0.717) is 60.8 Å². The molecule has 1 aliphatic heterocycles. The number of ether oxygens (including phenoxy) is 2. The molecule has 3 unspecified atom stereocenters. The summed E-state index contributed by atoms with van der Waals surface area (Å²) in [6.07, 6.45) is 6.34. The maximum atomic E-state index is 14.0. The first-order valence-electron chi connectivity index (χ1n) is 18.3. The molecule has 5 N–H and O–H groups in total. The van der Waals surface area contributed by atoms with E-state index in [-0.39, 0.29) is 54.6 Å². The zero-order valence-electron chi connectivity index (χ0n) is 31.4. The third-order valence-corrected chi connectivity index (χ3v) is 9.48. The van der Waals surface area contributed by atoms with Crippen LogP contribution in [0.25, 0.3) is 11.5 Å². The lowest BCUT2D eigenvalue weighted by atomic mass is 9.82. The van der Waals surface area contributed by atoms with Crippen LogP contribution in [0, 0.1) is 12.3 Å². The predicted molar refractivity (Wildman–Crippen MR) is 191 cm³/mol. The van der Waals surface area contributed by atoms with Gasteiger partial charge in [-0.1, -0.05) is 32.6 Å². The normalized spacial score (nSPS) is 15.9. The third-order valence-electron chi connectivity index (χ3n) is 9.48. The minimum atomic E-state index is -1.32. The van der Waals surface area contributed by atoms with Gasteiger partial charge in [0, 0.05) is 13.1 Å². The molecule has 0 saturated carbocycles. The van der Waals surface area contributed by atoms with E-state index in [9.17, 15) is 39.5 Å². The van der Waals surface area contributed by atoms with E-state index < -0.39 is 47.3 Å². The van der Waals surface area contributed by atoms with Crippen molar-refractivity contribution in [3.63, 3.8) is 0 Å². The van der Waals surface area contributed by atoms with Gasteiger partial charge >= 0.3 is 5.97 Å². The van der Waals surface area contributed by atoms with Gasteiger partial charge < -0.3 is 29.6 Å². The van der Waals surface area contributed by atoms with Gasteiger partial charge in [-0.3, -0.25) is 29.6 Å². The summed E-state index contributed by atoms with van der Waals surface area (Å²) in [7, 11) is 1.46. The number of esters is 1. The Balaban J connectivity index is 1.86. The van der Waals surface area contributed by atoms with Gasteiger partial charge in [0.2, 0.25) is 18.2 Å². The number of phenolic OH excluding ortho intramolecular Hbond substituents is 1. The van der Waals surface area contributed by atoms with Crippen molar-refractivity contribution in [3.8, 4) is 23.0 Å². The number of unbranched alkanes of at least 4 members (excludes halogenated alkanes) is 5. The number of amides is 4. The van der Waals surface area contributed by atoms with Crippen LogP contribution in [0.4, 0.5) is 0 Å². The molecular weight excluding hydrogens is 690 g/mol. The number of aromatic hydroxyl groups is 1. The summed E-state index contributed by atoms with van der Waals surface area (Å²) < 4.78 is 17.0. The molecule has 1 fully saturated rings. The molecule has 3 atom stereocenters. The molecule has 1 aromatic carbocycles. The number of hydroxylamine groups is 4. The molecule has 1 saturated heterocycles. The van der Waals surface area contributed by atoms with Crippen molar-refractivity contribution in [2.45, 2.75) is 123 Å². The smallest absolute Gasteiger partial charge is 0.328 e. The van der Waals surface area contributed by atoms with Gasteiger partial charge in [0.15, 0.2) is 5.69 Å². The number of aryl methyl sites for hydroxylation is 1. The lowest BCUT2D eigenvalue weighted by Gasteiger charge is -2.35. The van der Waals surface area contributed by atoms with Gasteiger partial charge in [0.1, 0.15) is 35.4 Å². The van der Waals surface area contributed by atoms with Gasteiger partial charge in [-0.05, 0) is 90.3 Å². The van der Waals surface area contributed by atoms with Gasteiger partial charge in [-0.15, -0.1) is 0 Å². The standard InChI is InChI=1S/C37H55N5O11/c1-6-7-8-9-10-17-30(37(3,4)36(48)39-27-15-12-14-21-42(50)34(27)46)53-35(47)28(16-11-13-20-41(49)23-43)38-32(45)31-24(2)52-33(40-31)26-22-25(51-5)18-19-29(26)44/h18-19,22-23,27-28,30,44,49-50H,6-17,20-21H2,1-5H3,(H,38,45)(H,39,48). The highest BCUT2D eigenvalue weighted by Crippen LogP contribution is 2.34. The Labute approximate surface area is 310 Å². The highest BCUT2D eigenvalue weighted by Gasteiger charge is 2.42. The number of hydrogen-bond donors (Lipinski definition) is 5. The Kier molecular flexibility index (Phi) is 16.5. The average molecular weight is 746 g/mol. The topological polar surface area (TPSA) is 221 Å². The van der Waals surface area contributed by atoms with Crippen molar-refractivity contribution in [2.75, 3.05) is 20.2 Å². The van der Waals surface area contributed by atoms with E-state index in [1.807, 2.05) is 0 Å². The van der Waals surface area contributed by atoms with Crippen LogP contribution in [0.1, 0.15) is 114 Å². The lowest BCUT2D eigenvalue weighted by Crippen LogP contribution is -2.54. The van der Waals surface area contributed by atoms with Gasteiger partial charge in [0.05, 0.1) is 18.1 Å². The van der Waals surface area contributed by atoms with Crippen LogP contribution in [0.15, 0.2) is 22.6 Å². The number of oxazole rings is 1. The summed E-state index contributed by atoms with van der Waals surface area (Å²) in [6.45, 7) is 7.02. The van der Waals surface area contributed by atoms with Crippen LogP contribution in [-0.4, -0.2) is 99.1 Å². The molecule has 53 heavy (non-hydrogen) atoms. The minimum absolute atomic E-state index is 0.00621. The van der Waals surface area contributed by atoms with Crippen molar-refractivity contribution < 1.29 is 53.4 Å². The second-order valence-electron chi connectivity index (χ2n) is 13.9. The largest absolute Gasteiger partial charge is 0.507 e. The molecule has 1 aromatic heterocycles. The first kappa shape index (κ1) is 42.7. The minimum Gasteiger partial charge on any atom is -0.507 e. The van der Waals surface area contributed by atoms with Gasteiger partial charge in [0.25, 0.3) is 11.8 Å². The number of carbonyl (C=O) groups is 5. The van der Waals surface area contributed by atoms with E-state index in [1.165, 1.54) is 26.2 Å². The zero-order chi connectivity index (χ0) is 39.1. The van der Waals surface area contributed by atoms with E-state index in [2.05, 4.69) is 22.5 Å². The molecule has 1 aliphatic rings. The number of carbonyl (C=O) groups excluding carboxylic acids is 5. The van der Waals surface area contributed by atoms with Crippen molar-refractivity contribution in [3.05, 3.63) is 29.7 Å². The predicted octanol–water partition coefficient (Wildman–Crippen LogP) is 4.67. The summed E-state index contributed by atoms with van der Waals surface area (Å²) in [5, 5.41) is 36.6. The Morgan fingerprint density at radius 1 is 1.13 bits per heavy atom. The fourth-order valence-corrected chi connectivity index (χ4v) is 6.06. The van der Waals surface area contributed by atoms with Crippen LogP contribution >= 0.6 is 0 Å². The number of hydrogen-bond acceptors (Lipinski definition) is 12. The number of phenols is 1. The monoisotopic (exact) mass is 745 g/mol. The molecular formula is C37H55N5O11. The van der Waals surface area contributed by atoms with E-state index in [4.69, 9.17) is 13.9 Å². The highest BCUT2D eigenvalue weighted by molar-refractivity contribution is 5.96. The average Bonchev–Trinajstić information content (AvgIpc) is 3.46. The Hall–Kier alpha value is -4.70. The number of nitrogens with one attached hydrogen (secondary N) is 2. The third kappa shape index (κ3) is 12.2. The molecule has 2 heterocycles. The van der Waals surface area contributed by atoms with E-state index in [0.717, 1.165) is 25.7 Å². The number of methoxy groups -OCH3 is 1. The molecule has 3 rings (SSSR count). The van der Waals surface area contributed by atoms with Crippen LogP contribution in [-0.2, 0) is 23.9 Å². The molecule has 2 aromatic rings.